The first-order chi connectivity index (χ1) is 15.0. The van der Waals surface area contributed by atoms with E-state index in [1.807, 2.05) is 36.4 Å². The van der Waals surface area contributed by atoms with Crippen molar-refractivity contribution in [3.05, 3.63) is 82.3 Å². The Hall–Kier alpha value is -3.35. The van der Waals surface area contributed by atoms with Gasteiger partial charge in [0.05, 0.1) is 34.8 Å². The van der Waals surface area contributed by atoms with Crippen molar-refractivity contribution in [2.24, 2.45) is 0 Å². The molecule has 4 aromatic rings. The van der Waals surface area contributed by atoms with Gasteiger partial charge in [-0.3, -0.25) is 4.79 Å². The first-order valence-electron chi connectivity index (χ1n) is 9.34. The van der Waals surface area contributed by atoms with E-state index in [4.69, 9.17) is 32.4 Å². The van der Waals surface area contributed by atoms with Crippen LogP contribution in [0.5, 0.6) is 5.75 Å². The molecule has 0 radical (unpaired) electrons. The number of nitrogens with one attached hydrogen (secondary N) is 1. The van der Waals surface area contributed by atoms with Crippen LogP contribution in [0.1, 0.15) is 5.56 Å². The topological polar surface area (TPSA) is 77.2 Å². The molecule has 0 aliphatic carbocycles. The maximum absolute atomic E-state index is 12.6. The van der Waals surface area contributed by atoms with E-state index >= 15 is 0 Å². The molecule has 1 amide bonds. The minimum Gasteiger partial charge on any atom is -0.497 e. The normalized spacial score (nSPS) is 10.7. The van der Waals surface area contributed by atoms with Gasteiger partial charge in [-0.05, 0) is 48.0 Å². The van der Waals surface area contributed by atoms with Gasteiger partial charge in [-0.2, -0.15) is 0 Å². The average Bonchev–Trinajstić information content (AvgIpc) is 3.26. The minimum absolute atomic E-state index is 0.165. The number of para-hydroxylation sites is 1. The van der Waals surface area contributed by atoms with Crippen molar-refractivity contribution < 1.29 is 13.9 Å². The van der Waals surface area contributed by atoms with E-state index in [1.54, 1.807) is 37.4 Å². The number of amides is 1. The molecule has 31 heavy (non-hydrogen) atoms. The number of nitrogens with zero attached hydrogens (tertiary/aromatic N) is 2. The molecule has 0 aliphatic heterocycles. The molecular weight excluding hydrogens is 437 g/mol. The van der Waals surface area contributed by atoms with E-state index in [9.17, 15) is 4.79 Å². The lowest BCUT2D eigenvalue weighted by Gasteiger charge is -2.09. The Labute approximate surface area is 188 Å². The molecule has 8 heteroatoms. The second kappa shape index (κ2) is 9.20. The van der Waals surface area contributed by atoms with Crippen LogP contribution in [0, 0.1) is 0 Å². The molecule has 0 unspecified atom stereocenters. The van der Waals surface area contributed by atoms with Crippen molar-refractivity contribution in [2.45, 2.75) is 6.42 Å². The predicted molar refractivity (Wildman–Crippen MR) is 121 cm³/mol. The van der Waals surface area contributed by atoms with Crippen molar-refractivity contribution in [1.82, 2.24) is 10.2 Å². The fourth-order valence-corrected chi connectivity index (χ4v) is 3.28. The van der Waals surface area contributed by atoms with Gasteiger partial charge in [0.15, 0.2) is 0 Å². The third kappa shape index (κ3) is 4.87. The zero-order chi connectivity index (χ0) is 21.8. The average molecular weight is 454 g/mol. The quantitative estimate of drug-likeness (QED) is 0.393. The maximum atomic E-state index is 12.6. The minimum atomic E-state index is -0.165. The van der Waals surface area contributed by atoms with Crippen molar-refractivity contribution in [3.8, 4) is 28.7 Å². The smallest absolute Gasteiger partial charge is 0.250 e. The van der Waals surface area contributed by atoms with Gasteiger partial charge in [-0.1, -0.05) is 47.5 Å². The predicted octanol–water partition coefficient (Wildman–Crippen LogP) is 5.90. The molecule has 0 aliphatic rings. The number of methoxy groups -OCH3 is 1. The fourth-order valence-electron chi connectivity index (χ4n) is 2.98. The molecule has 0 saturated carbocycles. The van der Waals surface area contributed by atoms with Crippen LogP contribution in [-0.4, -0.2) is 23.2 Å². The summed E-state index contributed by atoms with van der Waals surface area (Å²) in [6.07, 6.45) is 0.219. The SMILES string of the molecule is COc1ccc(CC(=O)Nc2ccccc2-c2nnc(-c3ccc(Cl)c(Cl)c3)o2)cc1. The van der Waals surface area contributed by atoms with E-state index in [-0.39, 0.29) is 18.2 Å². The second-order valence-electron chi connectivity index (χ2n) is 6.66. The van der Waals surface area contributed by atoms with E-state index in [2.05, 4.69) is 15.5 Å². The van der Waals surface area contributed by atoms with Crippen LogP contribution >= 0.6 is 23.2 Å². The molecule has 0 fully saturated rings. The van der Waals surface area contributed by atoms with Crippen molar-refractivity contribution >= 4 is 34.8 Å². The Balaban J connectivity index is 1.54. The van der Waals surface area contributed by atoms with Gasteiger partial charge in [0.25, 0.3) is 0 Å². The summed E-state index contributed by atoms with van der Waals surface area (Å²) in [6.45, 7) is 0. The zero-order valence-corrected chi connectivity index (χ0v) is 17.9. The molecule has 156 valence electrons. The highest BCUT2D eigenvalue weighted by Gasteiger charge is 2.16. The van der Waals surface area contributed by atoms with Crippen LogP contribution < -0.4 is 10.1 Å². The molecule has 1 heterocycles. The number of hydrogen-bond acceptors (Lipinski definition) is 5. The van der Waals surface area contributed by atoms with Gasteiger partial charge in [0.2, 0.25) is 17.7 Å². The Morgan fingerprint density at radius 3 is 2.45 bits per heavy atom. The van der Waals surface area contributed by atoms with E-state index < -0.39 is 0 Å². The van der Waals surface area contributed by atoms with E-state index in [0.717, 1.165) is 11.3 Å². The lowest BCUT2D eigenvalue weighted by atomic mass is 10.1. The lowest BCUT2D eigenvalue weighted by molar-refractivity contribution is -0.115. The third-order valence-corrected chi connectivity index (χ3v) is 5.29. The van der Waals surface area contributed by atoms with Crippen LogP contribution in [-0.2, 0) is 11.2 Å². The summed E-state index contributed by atoms with van der Waals surface area (Å²) in [5.41, 5.74) is 2.71. The number of rotatable bonds is 6. The summed E-state index contributed by atoms with van der Waals surface area (Å²) < 4.78 is 11.0. The summed E-state index contributed by atoms with van der Waals surface area (Å²) in [4.78, 5) is 12.6. The lowest BCUT2D eigenvalue weighted by Crippen LogP contribution is -2.15. The number of anilines is 1. The monoisotopic (exact) mass is 453 g/mol. The van der Waals surface area contributed by atoms with Gasteiger partial charge >= 0.3 is 0 Å². The van der Waals surface area contributed by atoms with E-state index in [1.165, 1.54) is 0 Å². The van der Waals surface area contributed by atoms with Gasteiger partial charge in [0, 0.05) is 5.56 Å². The Kier molecular flexibility index (Phi) is 6.21. The number of carbonyl (C=O) groups excluding carboxylic acids is 1. The maximum Gasteiger partial charge on any atom is 0.250 e. The van der Waals surface area contributed by atoms with Crippen molar-refractivity contribution in [3.63, 3.8) is 0 Å². The molecule has 6 nitrogen and oxygen atoms in total. The number of aromatic nitrogens is 2. The second-order valence-corrected chi connectivity index (χ2v) is 7.47. The molecule has 0 spiro atoms. The van der Waals surface area contributed by atoms with Crippen LogP contribution in [0.15, 0.2) is 71.1 Å². The van der Waals surface area contributed by atoms with Crippen molar-refractivity contribution in [2.75, 3.05) is 12.4 Å². The summed E-state index contributed by atoms with van der Waals surface area (Å²) in [5.74, 6) is 1.15. The Morgan fingerprint density at radius 1 is 0.968 bits per heavy atom. The van der Waals surface area contributed by atoms with Gasteiger partial charge < -0.3 is 14.5 Å². The number of halogens is 2. The molecule has 1 N–H and O–H groups in total. The molecule has 1 aromatic heterocycles. The highest BCUT2D eigenvalue weighted by molar-refractivity contribution is 6.42. The van der Waals surface area contributed by atoms with E-state index in [0.29, 0.717) is 32.8 Å². The first kappa shape index (κ1) is 20.9. The molecule has 0 bridgehead atoms. The van der Waals surface area contributed by atoms with Crippen LogP contribution in [0.25, 0.3) is 22.9 Å². The summed E-state index contributed by atoms with van der Waals surface area (Å²) in [5, 5.41) is 12.0. The summed E-state index contributed by atoms with van der Waals surface area (Å²) in [6, 6.07) is 19.6. The van der Waals surface area contributed by atoms with Gasteiger partial charge in [0.1, 0.15) is 5.75 Å². The number of benzene rings is 3. The standard InChI is InChI=1S/C23H17Cl2N3O3/c1-30-16-9-6-14(7-10-16)12-21(29)26-20-5-3-2-4-17(20)23-28-27-22(31-23)15-8-11-18(24)19(25)13-15/h2-11,13H,12H2,1H3,(H,26,29). The molecule has 0 atom stereocenters. The molecule has 4 rings (SSSR count). The van der Waals surface area contributed by atoms with Crippen LogP contribution in [0.2, 0.25) is 10.0 Å². The van der Waals surface area contributed by atoms with Crippen molar-refractivity contribution in [1.29, 1.82) is 0 Å². The fraction of sp³-hybridized carbons (Fsp3) is 0.0870. The molecule has 3 aromatic carbocycles. The highest BCUT2D eigenvalue weighted by atomic mass is 35.5. The summed E-state index contributed by atoms with van der Waals surface area (Å²) >= 11 is 12.0. The van der Waals surface area contributed by atoms with Crippen LogP contribution in [0.4, 0.5) is 5.69 Å². The first-order valence-corrected chi connectivity index (χ1v) is 10.1. The Morgan fingerprint density at radius 2 is 1.71 bits per heavy atom. The zero-order valence-electron chi connectivity index (χ0n) is 16.4. The molecular formula is C23H17Cl2N3O3. The number of hydrogen-bond donors (Lipinski definition) is 1. The number of ether oxygens (including phenoxy) is 1. The summed E-state index contributed by atoms with van der Waals surface area (Å²) in [7, 11) is 1.60. The van der Waals surface area contributed by atoms with Crippen LogP contribution in [0.3, 0.4) is 0 Å². The number of carbonyl (C=O) groups is 1. The van der Waals surface area contributed by atoms with Gasteiger partial charge in [-0.15, -0.1) is 10.2 Å². The third-order valence-electron chi connectivity index (χ3n) is 4.55. The Bertz CT molecular complexity index is 1220. The molecule has 0 saturated heterocycles. The largest absolute Gasteiger partial charge is 0.497 e. The van der Waals surface area contributed by atoms with Gasteiger partial charge in [-0.25, -0.2) is 0 Å². The highest BCUT2D eigenvalue weighted by Crippen LogP contribution is 2.32.